The van der Waals surface area contributed by atoms with Gasteiger partial charge in [-0.1, -0.05) is 6.92 Å². The Bertz CT molecular complexity index is 200. The van der Waals surface area contributed by atoms with Gasteiger partial charge in [0, 0.05) is 25.7 Å². The molecule has 1 fully saturated rings. The molecule has 0 aromatic carbocycles. The van der Waals surface area contributed by atoms with Crippen molar-refractivity contribution < 1.29 is 9.53 Å². The Balaban J connectivity index is 0.000000325. The second kappa shape index (κ2) is 8.48. The van der Waals surface area contributed by atoms with Crippen LogP contribution in [0.5, 0.6) is 0 Å². The van der Waals surface area contributed by atoms with Crippen molar-refractivity contribution in [2.45, 2.75) is 52.7 Å². The Kier molecular flexibility index (Phi) is 8.17. The fourth-order valence-corrected chi connectivity index (χ4v) is 1.65. The molecule has 102 valence electrons. The second-order valence-corrected chi connectivity index (χ2v) is 5.42. The topological polar surface area (TPSA) is 41.6 Å². The van der Waals surface area contributed by atoms with Crippen LogP contribution >= 0.6 is 0 Å². The van der Waals surface area contributed by atoms with Gasteiger partial charge in [0.15, 0.2) is 0 Å². The van der Waals surface area contributed by atoms with E-state index in [1.54, 1.807) is 0 Å². The van der Waals surface area contributed by atoms with Gasteiger partial charge in [0.25, 0.3) is 6.47 Å². The molecule has 4 heteroatoms. The van der Waals surface area contributed by atoms with Crippen molar-refractivity contribution in [1.29, 1.82) is 0 Å². The van der Waals surface area contributed by atoms with E-state index in [0.29, 0.717) is 6.47 Å². The second-order valence-electron chi connectivity index (χ2n) is 5.42. The molecule has 1 N–H and O–H groups in total. The first-order valence-electron chi connectivity index (χ1n) is 6.47. The lowest BCUT2D eigenvalue weighted by Crippen LogP contribution is -2.49. The fourth-order valence-electron chi connectivity index (χ4n) is 1.65. The maximum Gasteiger partial charge on any atom is 0.293 e. The molecule has 17 heavy (non-hydrogen) atoms. The molecule has 1 aliphatic rings. The first kappa shape index (κ1) is 16.4. The van der Waals surface area contributed by atoms with Gasteiger partial charge in [-0.3, -0.25) is 9.69 Å². The summed E-state index contributed by atoms with van der Waals surface area (Å²) in [6.07, 6.45) is 1.28. The van der Waals surface area contributed by atoms with E-state index >= 15 is 0 Å². The van der Waals surface area contributed by atoms with E-state index in [9.17, 15) is 4.79 Å². The zero-order valence-corrected chi connectivity index (χ0v) is 12.0. The summed E-state index contributed by atoms with van der Waals surface area (Å²) < 4.78 is 4.55. The van der Waals surface area contributed by atoms with E-state index in [1.807, 2.05) is 20.8 Å². The minimum absolute atomic E-state index is 0.318. The number of hydrogen-bond acceptors (Lipinski definition) is 4. The zero-order chi connectivity index (χ0) is 13.3. The third-order valence-electron chi connectivity index (χ3n) is 2.55. The summed E-state index contributed by atoms with van der Waals surface area (Å²) in [6, 6.07) is 0.744. The number of nitrogens with one attached hydrogen (secondary N) is 1. The van der Waals surface area contributed by atoms with Gasteiger partial charge in [0.05, 0.1) is 0 Å². The van der Waals surface area contributed by atoms with Gasteiger partial charge < -0.3 is 10.1 Å². The number of rotatable bonds is 3. The first-order chi connectivity index (χ1) is 7.90. The van der Waals surface area contributed by atoms with Gasteiger partial charge in [-0.25, -0.2) is 0 Å². The molecule has 0 radical (unpaired) electrons. The molecule has 1 atom stereocenters. The molecule has 1 rings (SSSR count). The van der Waals surface area contributed by atoms with Gasteiger partial charge >= 0.3 is 0 Å². The number of ether oxygens (including phenoxy) is 1. The lowest BCUT2D eigenvalue weighted by atomic mass is 10.2. The van der Waals surface area contributed by atoms with E-state index in [1.165, 1.54) is 32.6 Å². The van der Waals surface area contributed by atoms with Crippen molar-refractivity contribution in [3.8, 4) is 0 Å². The van der Waals surface area contributed by atoms with Crippen molar-refractivity contribution >= 4 is 6.47 Å². The van der Waals surface area contributed by atoms with Crippen LogP contribution < -0.4 is 5.32 Å². The molecule has 1 heterocycles. The molecule has 0 spiro atoms. The highest BCUT2D eigenvalue weighted by atomic mass is 16.5. The van der Waals surface area contributed by atoms with Gasteiger partial charge in [-0.15, -0.1) is 0 Å². The van der Waals surface area contributed by atoms with Crippen LogP contribution in [0.3, 0.4) is 0 Å². The molecule has 0 unspecified atom stereocenters. The van der Waals surface area contributed by atoms with Crippen LogP contribution in [0.1, 0.15) is 41.0 Å². The summed E-state index contributed by atoms with van der Waals surface area (Å²) in [6.45, 7) is 15.3. The number of nitrogens with zero attached hydrogens (tertiary/aromatic N) is 1. The number of carbonyl (C=O) groups is 1. The van der Waals surface area contributed by atoms with Crippen molar-refractivity contribution in [3.63, 3.8) is 0 Å². The average molecular weight is 244 g/mol. The van der Waals surface area contributed by atoms with Crippen molar-refractivity contribution in [2.24, 2.45) is 0 Å². The third kappa shape index (κ3) is 9.12. The third-order valence-corrected chi connectivity index (χ3v) is 2.55. The minimum atomic E-state index is -0.318. The molecule has 0 aliphatic carbocycles. The van der Waals surface area contributed by atoms with E-state index in [4.69, 9.17) is 0 Å². The maximum atomic E-state index is 9.60. The smallest absolute Gasteiger partial charge is 0.293 e. The molecular weight excluding hydrogens is 216 g/mol. The normalized spacial score (nSPS) is 21.4. The minimum Gasteiger partial charge on any atom is -0.462 e. The largest absolute Gasteiger partial charge is 0.462 e. The van der Waals surface area contributed by atoms with Crippen LogP contribution in [0.4, 0.5) is 0 Å². The van der Waals surface area contributed by atoms with E-state index in [0.717, 1.165) is 6.04 Å². The summed E-state index contributed by atoms with van der Waals surface area (Å²) >= 11 is 0. The molecular formula is C13H28N2O2. The van der Waals surface area contributed by atoms with E-state index in [-0.39, 0.29) is 5.60 Å². The van der Waals surface area contributed by atoms with Crippen LogP contribution in [-0.2, 0) is 9.53 Å². The van der Waals surface area contributed by atoms with Crippen molar-refractivity contribution in [2.75, 3.05) is 26.2 Å². The molecule has 0 aromatic heterocycles. The van der Waals surface area contributed by atoms with Gasteiger partial charge in [0.1, 0.15) is 5.60 Å². The predicted molar refractivity (Wildman–Crippen MR) is 71.1 cm³/mol. The van der Waals surface area contributed by atoms with Gasteiger partial charge in [0.2, 0.25) is 0 Å². The molecule has 0 bridgehead atoms. The van der Waals surface area contributed by atoms with Crippen LogP contribution in [0.2, 0.25) is 0 Å². The van der Waals surface area contributed by atoms with Crippen LogP contribution in [-0.4, -0.2) is 49.2 Å². The van der Waals surface area contributed by atoms with Crippen molar-refractivity contribution in [1.82, 2.24) is 10.2 Å². The Hall–Kier alpha value is -0.610. The molecule has 1 aliphatic heterocycles. The Morgan fingerprint density at radius 1 is 1.47 bits per heavy atom. The summed E-state index contributed by atoms with van der Waals surface area (Å²) in [5.74, 6) is 0. The highest BCUT2D eigenvalue weighted by Crippen LogP contribution is 2.03. The maximum absolute atomic E-state index is 9.60. The van der Waals surface area contributed by atoms with Crippen LogP contribution in [0.15, 0.2) is 0 Å². The summed E-state index contributed by atoms with van der Waals surface area (Å²) in [5, 5.41) is 3.38. The lowest BCUT2D eigenvalue weighted by Gasteiger charge is -2.33. The van der Waals surface area contributed by atoms with Gasteiger partial charge in [-0.05, 0) is 40.7 Å². The standard InChI is InChI=1S/C8H18N2.C5H10O2/c1-3-5-10-6-4-9-7-8(10)2;1-5(2,3)7-4-6/h8-9H,3-7H2,1-2H3;4H,1-3H3/t8-;/m1./s1. The number of carbonyl (C=O) groups excluding carboxylic acids is 1. The Labute approximate surface area is 106 Å². The number of hydrogen-bond donors (Lipinski definition) is 1. The first-order valence-corrected chi connectivity index (χ1v) is 6.47. The van der Waals surface area contributed by atoms with Crippen LogP contribution in [0.25, 0.3) is 0 Å². The number of piperazine rings is 1. The molecule has 0 amide bonds. The molecule has 0 saturated carbocycles. The SMILES string of the molecule is CC(C)(C)OC=O.CCCN1CCNC[C@H]1C. The quantitative estimate of drug-likeness (QED) is 0.767. The molecule has 4 nitrogen and oxygen atoms in total. The summed E-state index contributed by atoms with van der Waals surface area (Å²) in [5.41, 5.74) is -0.318. The van der Waals surface area contributed by atoms with E-state index in [2.05, 4.69) is 28.8 Å². The molecule has 1 saturated heterocycles. The zero-order valence-electron chi connectivity index (χ0n) is 12.0. The molecule has 0 aromatic rings. The highest BCUT2D eigenvalue weighted by Gasteiger charge is 2.15. The average Bonchev–Trinajstić information content (AvgIpc) is 2.21. The fraction of sp³-hybridized carbons (Fsp3) is 0.923. The van der Waals surface area contributed by atoms with Crippen LogP contribution in [0, 0.1) is 0 Å². The lowest BCUT2D eigenvalue weighted by molar-refractivity contribution is -0.138. The highest BCUT2D eigenvalue weighted by molar-refractivity contribution is 5.37. The van der Waals surface area contributed by atoms with Crippen molar-refractivity contribution in [3.05, 3.63) is 0 Å². The van der Waals surface area contributed by atoms with E-state index < -0.39 is 0 Å². The Morgan fingerprint density at radius 2 is 2.12 bits per heavy atom. The van der Waals surface area contributed by atoms with Gasteiger partial charge in [-0.2, -0.15) is 0 Å². The summed E-state index contributed by atoms with van der Waals surface area (Å²) in [7, 11) is 0. The monoisotopic (exact) mass is 244 g/mol. The Morgan fingerprint density at radius 3 is 2.47 bits per heavy atom. The summed E-state index contributed by atoms with van der Waals surface area (Å²) in [4.78, 5) is 12.2. The predicted octanol–water partition coefficient (Wildman–Crippen LogP) is 1.65.